The van der Waals surface area contributed by atoms with Crippen LogP contribution in [0.3, 0.4) is 0 Å². The predicted molar refractivity (Wildman–Crippen MR) is 110 cm³/mol. The average Bonchev–Trinajstić information content (AvgIpc) is 3.16. The molecule has 2 heterocycles. The van der Waals surface area contributed by atoms with Crippen molar-refractivity contribution in [2.24, 2.45) is 11.8 Å². The first-order chi connectivity index (χ1) is 14.4. The minimum atomic E-state index is -0.446. The van der Waals surface area contributed by atoms with E-state index in [4.69, 9.17) is 9.47 Å². The summed E-state index contributed by atoms with van der Waals surface area (Å²) in [6.07, 6.45) is 2.26. The lowest BCUT2D eigenvalue weighted by atomic mass is 9.96. The standard InChI is InChI=1S/C21H30N4O5/c1-14(2)5-8-22-21(28)24-19(26)12-25-9-6-15(7-10-25)20(27)23-16-3-4-17-18(11-16)30-13-29-17/h3-4,11,14-15H,5-10,12-13H2,1-2H3,(H,23,27)(H2,22,24,26,28)/p+1. The number of hydrogen-bond acceptors (Lipinski definition) is 5. The van der Waals surface area contributed by atoms with E-state index in [1.807, 2.05) is 0 Å². The van der Waals surface area contributed by atoms with E-state index in [2.05, 4.69) is 29.8 Å². The SMILES string of the molecule is CC(C)CCNC(=O)NC(=O)C[NH+]1CCC(C(=O)Nc2ccc3c(c2)OCO3)CC1. The van der Waals surface area contributed by atoms with Crippen LogP contribution in [0.1, 0.15) is 33.1 Å². The number of ether oxygens (including phenoxy) is 2. The summed E-state index contributed by atoms with van der Waals surface area (Å²) >= 11 is 0. The molecule has 164 valence electrons. The molecule has 1 saturated heterocycles. The van der Waals surface area contributed by atoms with E-state index in [0.717, 1.165) is 11.3 Å². The van der Waals surface area contributed by atoms with Gasteiger partial charge in [0.25, 0.3) is 5.91 Å². The molecular weight excluding hydrogens is 388 g/mol. The van der Waals surface area contributed by atoms with Gasteiger partial charge in [0.15, 0.2) is 18.0 Å². The number of hydrogen-bond donors (Lipinski definition) is 4. The lowest BCUT2D eigenvalue weighted by Crippen LogP contribution is -3.14. The number of fused-ring (bicyclic) bond motifs is 1. The number of anilines is 1. The molecule has 2 aliphatic rings. The topological polar surface area (TPSA) is 110 Å². The van der Waals surface area contributed by atoms with E-state index in [1.165, 1.54) is 0 Å². The highest BCUT2D eigenvalue weighted by Gasteiger charge is 2.29. The Hall–Kier alpha value is -2.81. The zero-order valence-electron chi connectivity index (χ0n) is 17.6. The molecule has 4 amide bonds. The molecule has 0 bridgehead atoms. The quantitative estimate of drug-likeness (QED) is 0.515. The predicted octanol–water partition coefficient (Wildman–Crippen LogP) is 0.521. The monoisotopic (exact) mass is 419 g/mol. The fourth-order valence-electron chi connectivity index (χ4n) is 3.60. The Morgan fingerprint density at radius 2 is 1.87 bits per heavy atom. The molecule has 4 N–H and O–H groups in total. The van der Waals surface area contributed by atoms with Crippen molar-refractivity contribution in [3.8, 4) is 11.5 Å². The van der Waals surface area contributed by atoms with Gasteiger partial charge in [-0.15, -0.1) is 0 Å². The van der Waals surface area contributed by atoms with Gasteiger partial charge in [-0.05, 0) is 24.5 Å². The van der Waals surface area contributed by atoms with E-state index in [1.54, 1.807) is 18.2 Å². The van der Waals surface area contributed by atoms with Gasteiger partial charge in [0.2, 0.25) is 12.7 Å². The highest BCUT2D eigenvalue weighted by Crippen LogP contribution is 2.34. The third kappa shape index (κ3) is 6.35. The van der Waals surface area contributed by atoms with Crippen LogP contribution in [-0.2, 0) is 9.59 Å². The number of quaternary nitrogens is 1. The number of likely N-dealkylation sites (tertiary alicyclic amines) is 1. The van der Waals surface area contributed by atoms with E-state index >= 15 is 0 Å². The molecular formula is C21H31N4O5+. The summed E-state index contributed by atoms with van der Waals surface area (Å²) in [6, 6.07) is 4.89. The maximum Gasteiger partial charge on any atom is 0.321 e. The second kappa shape index (κ2) is 10.3. The fourth-order valence-corrected chi connectivity index (χ4v) is 3.60. The number of carbonyl (C=O) groups is 3. The summed E-state index contributed by atoms with van der Waals surface area (Å²) in [7, 11) is 0. The highest BCUT2D eigenvalue weighted by atomic mass is 16.7. The number of imide groups is 1. The first kappa shape index (κ1) is 21.9. The van der Waals surface area contributed by atoms with Gasteiger partial charge >= 0.3 is 6.03 Å². The molecule has 0 atom stereocenters. The molecule has 1 aromatic carbocycles. The van der Waals surface area contributed by atoms with Gasteiger partial charge in [-0.2, -0.15) is 0 Å². The Balaban J connectivity index is 1.36. The van der Waals surface area contributed by atoms with Crippen molar-refractivity contribution in [1.82, 2.24) is 10.6 Å². The minimum Gasteiger partial charge on any atom is -0.454 e. The zero-order chi connectivity index (χ0) is 21.5. The van der Waals surface area contributed by atoms with Crippen LogP contribution in [0.15, 0.2) is 18.2 Å². The fraction of sp³-hybridized carbons (Fsp3) is 0.571. The van der Waals surface area contributed by atoms with Gasteiger partial charge in [-0.3, -0.25) is 14.9 Å². The third-order valence-corrected chi connectivity index (χ3v) is 5.37. The van der Waals surface area contributed by atoms with Crippen LogP contribution in [0.2, 0.25) is 0 Å². The molecule has 1 fully saturated rings. The van der Waals surface area contributed by atoms with Crippen LogP contribution in [0, 0.1) is 11.8 Å². The van der Waals surface area contributed by atoms with Crippen molar-refractivity contribution in [2.75, 3.05) is 38.3 Å². The molecule has 0 saturated carbocycles. The van der Waals surface area contributed by atoms with E-state index in [0.29, 0.717) is 55.6 Å². The first-order valence-corrected chi connectivity index (χ1v) is 10.5. The second-order valence-corrected chi connectivity index (χ2v) is 8.24. The Morgan fingerprint density at radius 1 is 1.13 bits per heavy atom. The first-order valence-electron chi connectivity index (χ1n) is 10.5. The molecule has 9 heteroatoms. The van der Waals surface area contributed by atoms with Crippen LogP contribution in [0.4, 0.5) is 10.5 Å². The van der Waals surface area contributed by atoms with Crippen LogP contribution in [0.5, 0.6) is 11.5 Å². The highest BCUT2D eigenvalue weighted by molar-refractivity contribution is 5.95. The maximum absolute atomic E-state index is 12.6. The van der Waals surface area contributed by atoms with Gasteiger partial charge < -0.3 is 25.0 Å². The summed E-state index contributed by atoms with van der Waals surface area (Å²) in [5.74, 6) is 1.39. The zero-order valence-corrected chi connectivity index (χ0v) is 17.6. The number of piperidine rings is 1. The van der Waals surface area contributed by atoms with Gasteiger partial charge in [-0.25, -0.2) is 4.79 Å². The number of amides is 4. The molecule has 0 spiro atoms. The molecule has 1 aromatic rings. The number of urea groups is 1. The van der Waals surface area contributed by atoms with Gasteiger partial charge in [0, 0.05) is 37.1 Å². The summed E-state index contributed by atoms with van der Waals surface area (Å²) in [4.78, 5) is 37.5. The molecule has 9 nitrogen and oxygen atoms in total. The van der Waals surface area contributed by atoms with Gasteiger partial charge in [0.1, 0.15) is 0 Å². The Kier molecular flexibility index (Phi) is 7.51. The molecule has 0 aliphatic carbocycles. The normalized spacial score (nSPS) is 20.0. The Labute approximate surface area is 176 Å². The Bertz CT molecular complexity index is 775. The number of rotatable bonds is 7. The molecule has 0 aromatic heterocycles. The van der Waals surface area contributed by atoms with E-state index in [9.17, 15) is 14.4 Å². The van der Waals surface area contributed by atoms with E-state index < -0.39 is 6.03 Å². The Morgan fingerprint density at radius 3 is 2.60 bits per heavy atom. The van der Waals surface area contributed by atoms with Crippen molar-refractivity contribution < 1.29 is 28.8 Å². The largest absolute Gasteiger partial charge is 0.454 e. The van der Waals surface area contributed by atoms with Crippen LogP contribution in [0.25, 0.3) is 0 Å². The smallest absolute Gasteiger partial charge is 0.321 e. The van der Waals surface area contributed by atoms with Crippen molar-refractivity contribution in [3.05, 3.63) is 18.2 Å². The number of carbonyl (C=O) groups excluding carboxylic acids is 3. The van der Waals surface area contributed by atoms with Crippen LogP contribution >= 0.6 is 0 Å². The number of benzene rings is 1. The van der Waals surface area contributed by atoms with Crippen LogP contribution < -0.4 is 30.3 Å². The number of nitrogens with one attached hydrogen (secondary N) is 4. The van der Waals surface area contributed by atoms with Gasteiger partial charge in [-0.1, -0.05) is 13.8 Å². The molecule has 0 radical (unpaired) electrons. The lowest BCUT2D eigenvalue weighted by Gasteiger charge is -2.28. The average molecular weight is 420 g/mol. The van der Waals surface area contributed by atoms with E-state index in [-0.39, 0.29) is 31.1 Å². The second-order valence-electron chi connectivity index (χ2n) is 8.24. The summed E-state index contributed by atoms with van der Waals surface area (Å²) in [5.41, 5.74) is 0.682. The summed E-state index contributed by atoms with van der Waals surface area (Å²) in [5, 5.41) is 8.00. The summed E-state index contributed by atoms with van der Waals surface area (Å²) < 4.78 is 10.6. The molecule has 0 unspecified atom stereocenters. The van der Waals surface area contributed by atoms with Crippen LogP contribution in [-0.4, -0.2) is 50.8 Å². The van der Waals surface area contributed by atoms with Crippen molar-refractivity contribution in [3.63, 3.8) is 0 Å². The van der Waals surface area contributed by atoms with Crippen molar-refractivity contribution in [1.29, 1.82) is 0 Å². The van der Waals surface area contributed by atoms with Crippen molar-refractivity contribution in [2.45, 2.75) is 33.1 Å². The lowest BCUT2D eigenvalue weighted by molar-refractivity contribution is -0.897. The molecule has 3 rings (SSSR count). The van der Waals surface area contributed by atoms with Gasteiger partial charge in [0.05, 0.1) is 13.1 Å². The molecule has 30 heavy (non-hydrogen) atoms. The summed E-state index contributed by atoms with van der Waals surface area (Å²) in [6.45, 7) is 6.55. The molecule has 2 aliphatic heterocycles. The van der Waals surface area contributed by atoms with Crippen molar-refractivity contribution >= 4 is 23.5 Å². The maximum atomic E-state index is 12.6. The third-order valence-electron chi connectivity index (χ3n) is 5.37. The minimum absolute atomic E-state index is 0.0260.